The Kier molecular flexibility index (Phi) is 43.8. The molecular weight excluding hydrogens is 823 g/mol. The van der Waals surface area contributed by atoms with Crippen LogP contribution in [0, 0.1) is 0 Å². The van der Waals surface area contributed by atoms with Crippen molar-refractivity contribution in [3.63, 3.8) is 0 Å². The summed E-state index contributed by atoms with van der Waals surface area (Å²) in [4.78, 5) is 37.0. The summed E-state index contributed by atoms with van der Waals surface area (Å²) < 4.78 is 17.2. The van der Waals surface area contributed by atoms with Gasteiger partial charge in [-0.2, -0.15) is 0 Å². The van der Waals surface area contributed by atoms with Gasteiger partial charge in [0, 0.05) is 19.3 Å². The summed E-state index contributed by atoms with van der Waals surface area (Å²) in [5, 5.41) is 11.7. The van der Waals surface area contributed by atoms with Gasteiger partial charge in [-0.25, -0.2) is 0 Å². The van der Waals surface area contributed by atoms with Gasteiger partial charge in [-0.15, -0.1) is 0 Å². The van der Waals surface area contributed by atoms with E-state index in [1.54, 1.807) is 21.1 Å². The van der Waals surface area contributed by atoms with E-state index in [4.69, 9.17) is 14.2 Å². The molecule has 0 aromatic rings. The van der Waals surface area contributed by atoms with Gasteiger partial charge in [0.05, 0.1) is 40.3 Å². The van der Waals surface area contributed by atoms with Gasteiger partial charge < -0.3 is 28.6 Å². The van der Waals surface area contributed by atoms with Gasteiger partial charge in [0.1, 0.15) is 12.6 Å². The molecule has 0 rings (SSSR count). The van der Waals surface area contributed by atoms with Crippen LogP contribution >= 0.6 is 0 Å². The molecular formula is C58H91NO7. The molecule has 0 N–H and O–H groups in total. The van der Waals surface area contributed by atoms with Crippen LogP contribution in [-0.4, -0.2) is 75.5 Å². The fourth-order valence-electron chi connectivity index (χ4n) is 6.46. The zero-order valence-electron chi connectivity index (χ0n) is 42.0. The van der Waals surface area contributed by atoms with E-state index in [-0.39, 0.29) is 55.5 Å². The number of hydrogen-bond donors (Lipinski definition) is 0. The zero-order chi connectivity index (χ0) is 48.4. The second-order valence-corrected chi connectivity index (χ2v) is 17.3. The number of likely N-dealkylation sites (N-methyl/N-ethyl adjacent to an activating group) is 1. The van der Waals surface area contributed by atoms with Crippen molar-refractivity contribution in [2.24, 2.45) is 0 Å². The molecule has 370 valence electrons. The minimum atomic E-state index is -1.14. The average Bonchev–Trinajstić information content (AvgIpc) is 3.28. The molecule has 0 fully saturated rings. The highest BCUT2D eigenvalue weighted by Gasteiger charge is 2.25. The molecule has 0 aliphatic heterocycles. The van der Waals surface area contributed by atoms with Gasteiger partial charge in [-0.3, -0.25) is 9.59 Å². The van der Waals surface area contributed by atoms with Gasteiger partial charge in [-0.05, 0) is 103 Å². The van der Waals surface area contributed by atoms with Crippen molar-refractivity contribution >= 4 is 17.9 Å². The molecule has 8 nitrogen and oxygen atoms in total. The number of carbonyl (C=O) groups is 3. The second-order valence-electron chi connectivity index (χ2n) is 17.3. The van der Waals surface area contributed by atoms with Crippen molar-refractivity contribution in [3.8, 4) is 0 Å². The third-order valence-electron chi connectivity index (χ3n) is 10.3. The molecule has 0 aromatic carbocycles. The number of carbonyl (C=O) groups excluding carboxylic acids is 3. The van der Waals surface area contributed by atoms with E-state index in [2.05, 4.69) is 148 Å². The average molecular weight is 914 g/mol. The van der Waals surface area contributed by atoms with Gasteiger partial charge in [0.25, 0.3) is 0 Å². The molecule has 0 aliphatic carbocycles. The summed E-state index contributed by atoms with van der Waals surface area (Å²) in [6.45, 7) is 4.34. The molecule has 2 atom stereocenters. The SMILES string of the molecule is CC/C=C/C/C=C/C/C=C/C/C=C/C/C=C/C/C=C/CCCC(=O)OCC(COCCC(C(=O)[O-])[N+](C)(C)C)OC(=O)CCCCCCCC/C=C/C/C=C/C/C=C/C/C=C/C/C=C/CC. The van der Waals surface area contributed by atoms with E-state index >= 15 is 0 Å². The lowest BCUT2D eigenvalue weighted by Gasteiger charge is -2.34. The first kappa shape index (κ1) is 61.5. The number of rotatable bonds is 43. The molecule has 0 aliphatic rings. The van der Waals surface area contributed by atoms with E-state index in [9.17, 15) is 19.5 Å². The third kappa shape index (κ3) is 44.7. The van der Waals surface area contributed by atoms with E-state index in [0.29, 0.717) is 6.42 Å². The maximum absolute atomic E-state index is 12.8. The Morgan fingerprint density at radius 1 is 0.455 bits per heavy atom. The monoisotopic (exact) mass is 914 g/mol. The Balaban J connectivity index is 4.43. The van der Waals surface area contributed by atoms with E-state index in [1.165, 1.54) is 0 Å². The molecule has 0 amide bonds. The van der Waals surface area contributed by atoms with Crippen LogP contribution in [-0.2, 0) is 28.6 Å². The van der Waals surface area contributed by atoms with Crippen LogP contribution in [0.4, 0.5) is 0 Å². The first-order valence-electron chi connectivity index (χ1n) is 25.2. The van der Waals surface area contributed by atoms with E-state index in [0.717, 1.165) is 122 Å². The molecule has 0 aromatic heterocycles. The van der Waals surface area contributed by atoms with Crippen LogP contribution in [0.15, 0.2) is 134 Å². The Labute approximate surface area is 403 Å². The second kappa shape index (κ2) is 47.0. The highest BCUT2D eigenvalue weighted by atomic mass is 16.6. The molecule has 8 heteroatoms. The van der Waals surface area contributed by atoms with Gasteiger partial charge in [-0.1, -0.05) is 173 Å². The molecule has 2 unspecified atom stereocenters. The standard InChI is InChI=1S/C58H91NO7/c1-6-8-10-12-14-16-18-20-22-24-26-28-29-31-33-35-37-39-41-43-45-47-49-57(61)66-54(52-64-51-50-55(58(62)63)59(3,4)5)53-65-56(60)48-46-44-42-40-38-36-34-32-30-27-25-23-21-19-17-15-13-11-9-7-2/h8-11,14-17,20-23,26-28,30-31,33-34,36,40,42,54-55H,6-7,12-13,18-19,24-25,29,32,35,37-39,41,43-53H2,1-5H3/b10-8+,11-9+,16-14+,17-15+,22-20+,23-21+,28-26+,30-27+,33-31+,36-34+,42-40+. The number of hydrogen-bond acceptors (Lipinski definition) is 7. The Morgan fingerprint density at radius 2 is 0.818 bits per heavy atom. The fraction of sp³-hybridized carbons (Fsp3) is 0.569. The van der Waals surface area contributed by atoms with Crippen molar-refractivity contribution < 1.29 is 38.2 Å². The Morgan fingerprint density at radius 3 is 1.23 bits per heavy atom. The normalized spacial score (nSPS) is 14.0. The minimum absolute atomic E-state index is 0.00631. The van der Waals surface area contributed by atoms with Crippen molar-refractivity contribution in [1.82, 2.24) is 0 Å². The number of carboxylic acid groups (broad SMARTS) is 1. The zero-order valence-corrected chi connectivity index (χ0v) is 42.0. The number of nitrogens with zero attached hydrogens (tertiary/aromatic N) is 1. The summed E-state index contributed by atoms with van der Waals surface area (Å²) in [5.74, 6) is -1.85. The summed E-state index contributed by atoms with van der Waals surface area (Å²) in [6.07, 6.45) is 67.7. The van der Waals surface area contributed by atoms with Gasteiger partial charge >= 0.3 is 11.9 Å². The summed E-state index contributed by atoms with van der Waals surface area (Å²) in [5.41, 5.74) is 0. The van der Waals surface area contributed by atoms with Gasteiger partial charge in [0.2, 0.25) is 0 Å². The lowest BCUT2D eigenvalue weighted by molar-refractivity contribution is -0.889. The summed E-state index contributed by atoms with van der Waals surface area (Å²) >= 11 is 0. The maximum Gasteiger partial charge on any atom is 0.306 e. The smallest absolute Gasteiger partial charge is 0.306 e. The van der Waals surface area contributed by atoms with Crippen molar-refractivity contribution in [3.05, 3.63) is 134 Å². The van der Waals surface area contributed by atoms with Crippen LogP contribution in [0.5, 0.6) is 0 Å². The van der Waals surface area contributed by atoms with Crippen molar-refractivity contribution in [1.29, 1.82) is 0 Å². The Bertz CT molecular complexity index is 1530. The largest absolute Gasteiger partial charge is 0.544 e. The number of aliphatic carboxylic acids is 1. The number of ether oxygens (including phenoxy) is 3. The predicted octanol–water partition coefficient (Wildman–Crippen LogP) is 13.4. The lowest BCUT2D eigenvalue weighted by Crippen LogP contribution is -2.55. The quantitative estimate of drug-likeness (QED) is 0.0260. The van der Waals surface area contributed by atoms with E-state index < -0.39 is 18.1 Å². The van der Waals surface area contributed by atoms with E-state index in [1.807, 2.05) is 0 Å². The topological polar surface area (TPSA) is 102 Å². The first-order chi connectivity index (χ1) is 32.1. The van der Waals surface area contributed by atoms with Crippen molar-refractivity contribution in [2.75, 3.05) is 41.0 Å². The van der Waals surface area contributed by atoms with Crippen LogP contribution in [0.1, 0.15) is 162 Å². The number of quaternary nitrogens is 1. The van der Waals surface area contributed by atoms with Crippen LogP contribution < -0.4 is 5.11 Å². The fourth-order valence-corrected chi connectivity index (χ4v) is 6.46. The van der Waals surface area contributed by atoms with Gasteiger partial charge in [0.15, 0.2) is 6.10 Å². The molecule has 0 spiro atoms. The number of unbranched alkanes of at least 4 members (excludes halogenated alkanes) is 7. The summed E-state index contributed by atoms with van der Waals surface area (Å²) in [6, 6.07) is -0.747. The molecule has 0 saturated heterocycles. The minimum Gasteiger partial charge on any atom is -0.544 e. The number of esters is 2. The predicted molar refractivity (Wildman–Crippen MR) is 277 cm³/mol. The molecule has 0 bridgehead atoms. The highest BCUT2D eigenvalue weighted by molar-refractivity contribution is 5.70. The van der Waals surface area contributed by atoms with Crippen LogP contribution in [0.25, 0.3) is 0 Å². The first-order valence-corrected chi connectivity index (χ1v) is 25.2. The van der Waals surface area contributed by atoms with Crippen LogP contribution in [0.2, 0.25) is 0 Å². The maximum atomic E-state index is 12.8. The number of allylic oxidation sites excluding steroid dienone is 22. The molecule has 0 radical (unpaired) electrons. The lowest BCUT2D eigenvalue weighted by atomic mass is 10.1. The number of carboxylic acids is 1. The van der Waals surface area contributed by atoms with Crippen molar-refractivity contribution in [2.45, 2.75) is 174 Å². The summed E-state index contributed by atoms with van der Waals surface area (Å²) in [7, 11) is 5.38. The molecule has 0 heterocycles. The van der Waals surface area contributed by atoms with Crippen LogP contribution in [0.3, 0.4) is 0 Å². The molecule has 66 heavy (non-hydrogen) atoms. The third-order valence-corrected chi connectivity index (χ3v) is 10.3. The molecule has 0 saturated carbocycles. The highest BCUT2D eigenvalue weighted by Crippen LogP contribution is 2.12. The Hall–Kier alpha value is -4.53.